The van der Waals surface area contributed by atoms with Gasteiger partial charge >= 0.3 is 0 Å². The summed E-state index contributed by atoms with van der Waals surface area (Å²) in [6, 6.07) is 0. The molecule has 2 heteroatoms. The summed E-state index contributed by atoms with van der Waals surface area (Å²) < 4.78 is 0. The van der Waals surface area contributed by atoms with Crippen LogP contribution in [0.25, 0.3) is 0 Å². The molecule has 0 unspecified atom stereocenters. The van der Waals surface area contributed by atoms with Gasteiger partial charge in [0.2, 0.25) is 0 Å². The lowest BCUT2D eigenvalue weighted by molar-refractivity contribution is -0.117. The van der Waals surface area contributed by atoms with Crippen LogP contribution in [0.1, 0.15) is 20.8 Å². The second kappa shape index (κ2) is 3.67. The summed E-state index contributed by atoms with van der Waals surface area (Å²) in [4.78, 5) is 10.8. The number of carbonyl (C=O) groups is 1. The molecule has 0 radical (unpaired) electrons. The van der Waals surface area contributed by atoms with Crippen LogP contribution in [-0.4, -0.2) is 5.78 Å². The number of carbonyl (C=O) groups excluding carboxylic acids is 1. The fraction of sp³-hybridized carbons (Fsp3) is 0.571. The molecule has 0 N–H and O–H groups in total. The molecule has 9 heavy (non-hydrogen) atoms. The SMILES string of the molecule is C/C(Cl)=C/C(=O)C(C)C. The van der Waals surface area contributed by atoms with Crippen molar-refractivity contribution in [2.24, 2.45) is 5.92 Å². The van der Waals surface area contributed by atoms with E-state index in [-0.39, 0.29) is 11.7 Å². The van der Waals surface area contributed by atoms with E-state index in [1.807, 2.05) is 13.8 Å². The molecule has 0 aliphatic carbocycles. The van der Waals surface area contributed by atoms with Gasteiger partial charge in [0.25, 0.3) is 0 Å². The number of hydrogen-bond acceptors (Lipinski definition) is 1. The molecule has 1 nitrogen and oxygen atoms in total. The normalized spacial score (nSPS) is 12.3. The minimum absolute atomic E-state index is 0.0544. The lowest BCUT2D eigenvalue weighted by atomic mass is 10.1. The molecule has 0 amide bonds. The quantitative estimate of drug-likeness (QED) is 0.547. The molecule has 0 aliphatic heterocycles. The number of rotatable bonds is 2. The minimum Gasteiger partial charge on any atom is -0.295 e. The maximum absolute atomic E-state index is 10.8. The number of allylic oxidation sites excluding steroid dienone is 2. The van der Waals surface area contributed by atoms with Gasteiger partial charge in [0.15, 0.2) is 5.78 Å². The predicted octanol–water partition coefficient (Wildman–Crippen LogP) is 2.35. The molecule has 52 valence electrons. The summed E-state index contributed by atoms with van der Waals surface area (Å²) in [6.07, 6.45) is 1.45. The zero-order valence-corrected chi connectivity index (χ0v) is 6.70. The Morgan fingerprint density at radius 1 is 1.56 bits per heavy atom. The first-order valence-corrected chi connectivity index (χ1v) is 3.29. The summed E-state index contributed by atoms with van der Waals surface area (Å²) in [5.41, 5.74) is 0. The molecule has 0 aromatic rings. The average molecular weight is 147 g/mol. The van der Waals surface area contributed by atoms with Crippen LogP contribution < -0.4 is 0 Å². The average Bonchev–Trinajstić information content (AvgIpc) is 1.63. The van der Waals surface area contributed by atoms with Crippen LogP contribution in [0.2, 0.25) is 0 Å². The van der Waals surface area contributed by atoms with Crippen molar-refractivity contribution >= 4 is 17.4 Å². The number of hydrogen-bond donors (Lipinski definition) is 0. The summed E-state index contributed by atoms with van der Waals surface area (Å²) in [7, 11) is 0. The van der Waals surface area contributed by atoms with E-state index in [1.165, 1.54) is 6.08 Å². The maximum atomic E-state index is 10.8. The largest absolute Gasteiger partial charge is 0.295 e. The van der Waals surface area contributed by atoms with E-state index >= 15 is 0 Å². The first-order valence-electron chi connectivity index (χ1n) is 2.91. The van der Waals surface area contributed by atoms with E-state index in [0.29, 0.717) is 5.03 Å². The van der Waals surface area contributed by atoms with Gasteiger partial charge in [0.1, 0.15) is 0 Å². The van der Waals surface area contributed by atoms with Gasteiger partial charge in [-0.15, -0.1) is 0 Å². The predicted molar refractivity (Wildman–Crippen MR) is 39.5 cm³/mol. The van der Waals surface area contributed by atoms with E-state index in [1.54, 1.807) is 6.92 Å². The molecule has 0 aromatic heterocycles. The third-order valence-corrected chi connectivity index (χ3v) is 1.02. The lowest BCUT2D eigenvalue weighted by Gasteiger charge is -1.95. The first kappa shape index (κ1) is 8.70. The highest BCUT2D eigenvalue weighted by Crippen LogP contribution is 2.02. The molecular weight excluding hydrogens is 136 g/mol. The first-order chi connectivity index (χ1) is 4.04. The summed E-state index contributed by atoms with van der Waals surface area (Å²) >= 11 is 5.46. The second-order valence-electron chi connectivity index (χ2n) is 2.29. The van der Waals surface area contributed by atoms with Gasteiger partial charge in [0, 0.05) is 11.0 Å². The minimum atomic E-state index is 0.0544. The Morgan fingerprint density at radius 2 is 2.00 bits per heavy atom. The fourth-order valence-electron chi connectivity index (χ4n) is 0.363. The smallest absolute Gasteiger partial charge is 0.159 e. The Morgan fingerprint density at radius 3 is 2.11 bits per heavy atom. The van der Waals surface area contributed by atoms with Crippen molar-refractivity contribution in [2.75, 3.05) is 0 Å². The number of halogens is 1. The molecule has 0 bridgehead atoms. The molecule has 0 saturated carbocycles. The zero-order chi connectivity index (χ0) is 7.44. The van der Waals surface area contributed by atoms with Crippen LogP contribution in [0.3, 0.4) is 0 Å². The van der Waals surface area contributed by atoms with Gasteiger partial charge in [-0.3, -0.25) is 4.79 Å². The van der Waals surface area contributed by atoms with Crippen molar-refractivity contribution < 1.29 is 4.79 Å². The van der Waals surface area contributed by atoms with Gasteiger partial charge in [-0.25, -0.2) is 0 Å². The molecular formula is C7H11ClO. The van der Waals surface area contributed by atoms with Crippen molar-refractivity contribution in [1.82, 2.24) is 0 Å². The summed E-state index contributed by atoms with van der Waals surface area (Å²) in [6.45, 7) is 5.39. The van der Waals surface area contributed by atoms with Crippen molar-refractivity contribution in [3.05, 3.63) is 11.1 Å². The molecule has 0 aromatic carbocycles. The van der Waals surface area contributed by atoms with Crippen molar-refractivity contribution in [2.45, 2.75) is 20.8 Å². The number of ketones is 1. The topological polar surface area (TPSA) is 17.1 Å². The Kier molecular flexibility index (Phi) is 3.55. The van der Waals surface area contributed by atoms with Gasteiger partial charge in [-0.05, 0) is 13.0 Å². The van der Waals surface area contributed by atoms with Gasteiger partial charge in [-0.2, -0.15) is 0 Å². The van der Waals surface area contributed by atoms with E-state index in [0.717, 1.165) is 0 Å². The van der Waals surface area contributed by atoms with Gasteiger partial charge in [0.05, 0.1) is 0 Å². The highest BCUT2D eigenvalue weighted by molar-refractivity contribution is 6.30. The lowest BCUT2D eigenvalue weighted by Crippen LogP contribution is -2.02. The molecule has 0 fully saturated rings. The van der Waals surface area contributed by atoms with Crippen LogP contribution in [0.15, 0.2) is 11.1 Å². The highest BCUT2D eigenvalue weighted by Gasteiger charge is 2.01. The molecule has 0 heterocycles. The van der Waals surface area contributed by atoms with Crippen LogP contribution >= 0.6 is 11.6 Å². The van der Waals surface area contributed by atoms with E-state index in [2.05, 4.69) is 0 Å². The molecule has 0 atom stereocenters. The Balaban J connectivity index is 3.93. The fourth-order valence-corrected chi connectivity index (χ4v) is 0.470. The van der Waals surface area contributed by atoms with Crippen LogP contribution in [0.5, 0.6) is 0 Å². The van der Waals surface area contributed by atoms with Gasteiger partial charge < -0.3 is 0 Å². The monoisotopic (exact) mass is 146 g/mol. The van der Waals surface area contributed by atoms with Crippen LogP contribution in [0.4, 0.5) is 0 Å². The maximum Gasteiger partial charge on any atom is 0.159 e. The van der Waals surface area contributed by atoms with Crippen molar-refractivity contribution in [1.29, 1.82) is 0 Å². The van der Waals surface area contributed by atoms with Crippen LogP contribution in [-0.2, 0) is 4.79 Å². The molecule has 0 rings (SSSR count). The molecule has 0 saturated heterocycles. The Hall–Kier alpha value is -0.300. The zero-order valence-electron chi connectivity index (χ0n) is 5.94. The van der Waals surface area contributed by atoms with E-state index in [9.17, 15) is 4.79 Å². The van der Waals surface area contributed by atoms with E-state index < -0.39 is 0 Å². The molecule has 0 aliphatic rings. The second-order valence-corrected chi connectivity index (χ2v) is 2.88. The third kappa shape index (κ3) is 4.22. The summed E-state index contributed by atoms with van der Waals surface area (Å²) in [5, 5.41) is 0.550. The summed E-state index contributed by atoms with van der Waals surface area (Å²) in [5.74, 6) is 0.140. The highest BCUT2D eigenvalue weighted by atomic mass is 35.5. The Bertz CT molecular complexity index is 132. The standard InChI is InChI=1S/C7H11ClO/c1-5(2)7(9)4-6(3)8/h4-5H,1-3H3/b6-4-. The Labute approximate surface area is 60.7 Å². The van der Waals surface area contributed by atoms with Crippen LogP contribution in [0, 0.1) is 5.92 Å². The van der Waals surface area contributed by atoms with Gasteiger partial charge in [-0.1, -0.05) is 25.4 Å². The van der Waals surface area contributed by atoms with Crippen molar-refractivity contribution in [3.8, 4) is 0 Å². The van der Waals surface area contributed by atoms with E-state index in [4.69, 9.17) is 11.6 Å². The molecule has 0 spiro atoms. The third-order valence-electron chi connectivity index (χ3n) is 0.910. The van der Waals surface area contributed by atoms with Crippen molar-refractivity contribution in [3.63, 3.8) is 0 Å².